The molecule has 0 heterocycles. The van der Waals surface area contributed by atoms with E-state index in [1.807, 2.05) is 49.4 Å². The summed E-state index contributed by atoms with van der Waals surface area (Å²) in [6, 6.07) is 15.1. The lowest BCUT2D eigenvalue weighted by Gasteiger charge is -2.17. The molecule has 0 aliphatic rings. The van der Waals surface area contributed by atoms with Crippen LogP contribution in [0.5, 0.6) is 0 Å². The number of carbonyl (C=O) groups excluding carboxylic acids is 2. The Bertz CT molecular complexity index is 657. The predicted molar refractivity (Wildman–Crippen MR) is 87.2 cm³/mol. The summed E-state index contributed by atoms with van der Waals surface area (Å²) in [6.07, 6.45) is 0.272. The molecule has 0 unspecified atom stereocenters. The number of hydrogen-bond acceptors (Lipinski definition) is 3. The number of hydroxylamine groups is 1. The zero-order chi connectivity index (χ0) is 16.7. The van der Waals surface area contributed by atoms with Gasteiger partial charge in [-0.1, -0.05) is 48.0 Å². The van der Waals surface area contributed by atoms with Crippen LogP contribution >= 0.6 is 0 Å². The van der Waals surface area contributed by atoms with Crippen molar-refractivity contribution in [2.75, 3.05) is 5.32 Å². The third kappa shape index (κ3) is 5.12. The predicted octanol–water partition coefficient (Wildman–Crippen LogP) is 2.23. The number of aryl methyl sites for hydroxylation is 1. The Balaban J connectivity index is 2.00. The summed E-state index contributed by atoms with van der Waals surface area (Å²) in [5.41, 5.74) is 4.15. The molecule has 2 rings (SSSR count). The maximum Gasteiger partial charge on any atom is 0.319 e. The highest BCUT2D eigenvalue weighted by atomic mass is 16.5. The molecule has 0 radical (unpaired) electrons. The van der Waals surface area contributed by atoms with Crippen molar-refractivity contribution in [2.45, 2.75) is 19.4 Å². The van der Waals surface area contributed by atoms with E-state index < -0.39 is 18.0 Å². The second-order valence-corrected chi connectivity index (χ2v) is 5.18. The van der Waals surface area contributed by atoms with Crippen LogP contribution in [-0.4, -0.2) is 23.2 Å². The van der Waals surface area contributed by atoms with Crippen LogP contribution in [0, 0.1) is 6.92 Å². The van der Waals surface area contributed by atoms with Crippen molar-refractivity contribution in [1.82, 2.24) is 10.8 Å². The molecule has 2 aromatic carbocycles. The molecule has 6 nitrogen and oxygen atoms in total. The number of rotatable bonds is 5. The number of carbonyl (C=O) groups is 2. The van der Waals surface area contributed by atoms with Gasteiger partial charge in [0, 0.05) is 12.1 Å². The molecule has 4 N–H and O–H groups in total. The van der Waals surface area contributed by atoms with Crippen LogP contribution in [0.3, 0.4) is 0 Å². The first kappa shape index (κ1) is 16.5. The third-order valence-corrected chi connectivity index (χ3v) is 3.32. The molecule has 6 heteroatoms. The average molecular weight is 313 g/mol. The molecule has 2 aromatic rings. The number of nitrogens with one attached hydrogen (secondary N) is 3. The molecule has 0 spiro atoms. The van der Waals surface area contributed by atoms with E-state index in [2.05, 4.69) is 10.6 Å². The van der Waals surface area contributed by atoms with Crippen LogP contribution in [0.4, 0.5) is 10.5 Å². The number of amides is 3. The monoisotopic (exact) mass is 313 g/mol. The molecule has 0 bridgehead atoms. The van der Waals surface area contributed by atoms with Crippen LogP contribution < -0.4 is 16.1 Å². The topological polar surface area (TPSA) is 90.5 Å². The van der Waals surface area contributed by atoms with Crippen LogP contribution in [0.25, 0.3) is 0 Å². The van der Waals surface area contributed by atoms with E-state index in [9.17, 15) is 9.59 Å². The molecule has 1 atom stereocenters. The zero-order valence-electron chi connectivity index (χ0n) is 12.7. The summed E-state index contributed by atoms with van der Waals surface area (Å²) in [4.78, 5) is 23.8. The van der Waals surface area contributed by atoms with Crippen molar-refractivity contribution in [3.63, 3.8) is 0 Å². The summed E-state index contributed by atoms with van der Waals surface area (Å²) >= 11 is 0. The maximum atomic E-state index is 12.0. The van der Waals surface area contributed by atoms with E-state index in [1.54, 1.807) is 17.6 Å². The molecule has 0 saturated heterocycles. The standard InChI is InChI=1S/C17H19N3O3/c1-12-7-9-14(10-8-12)18-17(22)19-15(16(21)20-23)11-13-5-3-2-4-6-13/h2-10,15,23H,11H2,1H3,(H,20,21)(H2,18,19,22)/t15-/m1/s1. The fourth-order valence-electron chi connectivity index (χ4n) is 2.10. The zero-order valence-corrected chi connectivity index (χ0v) is 12.7. The first-order valence-corrected chi connectivity index (χ1v) is 7.20. The van der Waals surface area contributed by atoms with Crippen molar-refractivity contribution < 1.29 is 14.8 Å². The van der Waals surface area contributed by atoms with Crippen LogP contribution in [0.2, 0.25) is 0 Å². The van der Waals surface area contributed by atoms with E-state index in [-0.39, 0.29) is 6.42 Å². The Hall–Kier alpha value is -2.86. The lowest BCUT2D eigenvalue weighted by molar-refractivity contribution is -0.131. The maximum absolute atomic E-state index is 12.0. The van der Waals surface area contributed by atoms with Gasteiger partial charge in [0.15, 0.2) is 0 Å². The average Bonchev–Trinajstić information content (AvgIpc) is 2.56. The minimum Gasteiger partial charge on any atom is -0.326 e. The summed E-state index contributed by atoms with van der Waals surface area (Å²) in [7, 11) is 0. The van der Waals surface area contributed by atoms with Crippen molar-refractivity contribution in [3.05, 3.63) is 65.7 Å². The van der Waals surface area contributed by atoms with Gasteiger partial charge in [-0.3, -0.25) is 10.0 Å². The summed E-state index contributed by atoms with van der Waals surface area (Å²) < 4.78 is 0. The van der Waals surface area contributed by atoms with Gasteiger partial charge in [-0.15, -0.1) is 0 Å². The molecule has 0 aliphatic heterocycles. The Morgan fingerprint density at radius 2 is 1.70 bits per heavy atom. The van der Waals surface area contributed by atoms with Gasteiger partial charge >= 0.3 is 6.03 Å². The van der Waals surface area contributed by atoms with E-state index in [4.69, 9.17) is 5.21 Å². The first-order valence-electron chi connectivity index (χ1n) is 7.20. The second kappa shape index (κ2) is 7.95. The number of hydrogen-bond donors (Lipinski definition) is 4. The van der Waals surface area contributed by atoms with Crippen molar-refractivity contribution >= 4 is 17.6 Å². The fourth-order valence-corrected chi connectivity index (χ4v) is 2.10. The Morgan fingerprint density at radius 1 is 1.04 bits per heavy atom. The number of anilines is 1. The third-order valence-electron chi connectivity index (χ3n) is 3.32. The molecular formula is C17H19N3O3. The van der Waals surface area contributed by atoms with Gasteiger partial charge in [0.2, 0.25) is 0 Å². The molecule has 0 aromatic heterocycles. The minimum absolute atomic E-state index is 0.272. The highest BCUT2D eigenvalue weighted by Crippen LogP contribution is 2.09. The molecular weight excluding hydrogens is 294 g/mol. The van der Waals surface area contributed by atoms with Gasteiger partial charge < -0.3 is 10.6 Å². The van der Waals surface area contributed by atoms with Gasteiger partial charge in [-0.05, 0) is 24.6 Å². The fraction of sp³-hybridized carbons (Fsp3) is 0.176. The Kier molecular flexibility index (Phi) is 5.71. The number of benzene rings is 2. The molecule has 3 amide bonds. The normalized spacial score (nSPS) is 11.4. The van der Waals surface area contributed by atoms with Crippen LogP contribution in [-0.2, 0) is 11.2 Å². The highest BCUT2D eigenvalue weighted by Gasteiger charge is 2.20. The highest BCUT2D eigenvalue weighted by molar-refractivity contribution is 5.93. The summed E-state index contributed by atoms with van der Waals surface area (Å²) in [5, 5.41) is 14.1. The lowest BCUT2D eigenvalue weighted by atomic mass is 10.1. The van der Waals surface area contributed by atoms with Crippen LogP contribution in [0.1, 0.15) is 11.1 Å². The number of urea groups is 1. The lowest BCUT2D eigenvalue weighted by Crippen LogP contribution is -2.48. The van der Waals surface area contributed by atoms with Gasteiger partial charge in [0.1, 0.15) is 6.04 Å². The molecule has 23 heavy (non-hydrogen) atoms. The molecule has 0 aliphatic carbocycles. The second-order valence-electron chi connectivity index (χ2n) is 5.18. The van der Waals surface area contributed by atoms with Gasteiger partial charge in [-0.25, -0.2) is 10.3 Å². The van der Waals surface area contributed by atoms with Crippen molar-refractivity contribution in [1.29, 1.82) is 0 Å². The quantitative estimate of drug-likeness (QED) is 0.504. The van der Waals surface area contributed by atoms with Gasteiger partial charge in [0.05, 0.1) is 0 Å². The van der Waals surface area contributed by atoms with Crippen molar-refractivity contribution in [3.8, 4) is 0 Å². The van der Waals surface area contributed by atoms with E-state index >= 15 is 0 Å². The van der Waals surface area contributed by atoms with Crippen molar-refractivity contribution in [2.24, 2.45) is 0 Å². The first-order chi connectivity index (χ1) is 11.1. The van der Waals surface area contributed by atoms with Gasteiger partial charge in [-0.2, -0.15) is 0 Å². The van der Waals surface area contributed by atoms with E-state index in [0.29, 0.717) is 5.69 Å². The SMILES string of the molecule is Cc1ccc(NC(=O)N[C@H](Cc2ccccc2)C(=O)NO)cc1. The molecule has 120 valence electrons. The smallest absolute Gasteiger partial charge is 0.319 e. The van der Waals surface area contributed by atoms with E-state index in [1.165, 1.54) is 0 Å². The van der Waals surface area contributed by atoms with Crippen LogP contribution in [0.15, 0.2) is 54.6 Å². The Labute approximate surface area is 134 Å². The molecule has 0 saturated carbocycles. The van der Waals surface area contributed by atoms with Gasteiger partial charge in [0.25, 0.3) is 5.91 Å². The minimum atomic E-state index is -0.882. The molecule has 0 fully saturated rings. The van der Waals surface area contributed by atoms with E-state index in [0.717, 1.165) is 11.1 Å². The summed E-state index contributed by atoms with van der Waals surface area (Å²) in [5.74, 6) is -0.673. The largest absolute Gasteiger partial charge is 0.326 e. The Morgan fingerprint density at radius 3 is 2.30 bits per heavy atom. The summed E-state index contributed by atoms with van der Waals surface area (Å²) in [6.45, 7) is 1.95.